The molecule has 0 aromatic heterocycles. The van der Waals surface area contributed by atoms with Crippen LogP contribution in [0, 0.1) is 11.3 Å². The molecule has 3 aliphatic rings. The van der Waals surface area contributed by atoms with Gasteiger partial charge in [0.05, 0.1) is 12.2 Å². The lowest BCUT2D eigenvalue weighted by Gasteiger charge is -2.56. The van der Waals surface area contributed by atoms with E-state index in [9.17, 15) is 5.11 Å². The number of aliphatic hydroxyl groups excluding tert-OH is 1. The highest BCUT2D eigenvalue weighted by Gasteiger charge is 2.59. The standard InChI is InChI=1S/C14H25NO2/c1-14(2)12(11-7-8-17-13(11)14)15-9-3-5-10(16)6-4-9/h9-13,15-16H,3-8H2,1-2H3. The third-order valence-electron chi connectivity index (χ3n) is 5.21. The maximum atomic E-state index is 9.54. The van der Waals surface area contributed by atoms with Crippen molar-refractivity contribution in [1.82, 2.24) is 5.32 Å². The molecule has 3 heteroatoms. The smallest absolute Gasteiger partial charge is 0.0685 e. The van der Waals surface area contributed by atoms with Crippen molar-refractivity contribution in [1.29, 1.82) is 0 Å². The molecule has 1 heterocycles. The van der Waals surface area contributed by atoms with E-state index in [0.29, 0.717) is 18.2 Å². The number of fused-ring (bicyclic) bond motifs is 1. The fraction of sp³-hybridized carbons (Fsp3) is 1.00. The van der Waals surface area contributed by atoms with Crippen molar-refractivity contribution < 1.29 is 9.84 Å². The van der Waals surface area contributed by atoms with Crippen molar-refractivity contribution in [2.24, 2.45) is 11.3 Å². The summed E-state index contributed by atoms with van der Waals surface area (Å²) >= 11 is 0. The average Bonchev–Trinajstić information content (AvgIpc) is 2.75. The number of rotatable bonds is 2. The van der Waals surface area contributed by atoms with E-state index in [4.69, 9.17) is 4.74 Å². The van der Waals surface area contributed by atoms with Gasteiger partial charge in [0.25, 0.3) is 0 Å². The summed E-state index contributed by atoms with van der Waals surface area (Å²) in [6.45, 7) is 5.60. The lowest BCUT2D eigenvalue weighted by molar-refractivity contribution is -0.117. The first-order chi connectivity index (χ1) is 8.09. The summed E-state index contributed by atoms with van der Waals surface area (Å²) in [5.74, 6) is 0.733. The van der Waals surface area contributed by atoms with Gasteiger partial charge in [-0.15, -0.1) is 0 Å². The third-order valence-corrected chi connectivity index (χ3v) is 5.21. The van der Waals surface area contributed by atoms with Crippen LogP contribution in [0.5, 0.6) is 0 Å². The number of hydrogen-bond acceptors (Lipinski definition) is 3. The van der Waals surface area contributed by atoms with Crippen molar-refractivity contribution >= 4 is 0 Å². The van der Waals surface area contributed by atoms with Gasteiger partial charge in [-0.3, -0.25) is 0 Å². The first-order valence-electron chi connectivity index (χ1n) is 7.15. The lowest BCUT2D eigenvalue weighted by atomic mass is 9.57. The molecule has 2 N–H and O–H groups in total. The second kappa shape index (κ2) is 4.22. The Morgan fingerprint density at radius 3 is 2.53 bits per heavy atom. The summed E-state index contributed by atoms with van der Waals surface area (Å²) < 4.78 is 5.82. The fourth-order valence-corrected chi connectivity index (χ4v) is 4.16. The molecule has 0 amide bonds. The normalized spacial score (nSPS) is 48.5. The highest BCUT2D eigenvalue weighted by molar-refractivity contribution is 5.11. The first kappa shape index (κ1) is 11.9. The third kappa shape index (κ3) is 1.92. The van der Waals surface area contributed by atoms with E-state index in [1.165, 1.54) is 6.42 Å². The number of nitrogens with one attached hydrogen (secondary N) is 1. The van der Waals surface area contributed by atoms with E-state index in [1.807, 2.05) is 0 Å². The van der Waals surface area contributed by atoms with E-state index >= 15 is 0 Å². The predicted octanol–water partition coefficient (Wildman–Crippen LogP) is 1.69. The van der Waals surface area contributed by atoms with Crippen LogP contribution in [0.3, 0.4) is 0 Å². The molecular weight excluding hydrogens is 214 g/mol. The largest absolute Gasteiger partial charge is 0.393 e. The molecule has 0 spiro atoms. The number of aliphatic hydroxyl groups is 1. The molecule has 0 radical (unpaired) electrons. The Morgan fingerprint density at radius 2 is 1.82 bits per heavy atom. The van der Waals surface area contributed by atoms with E-state index in [2.05, 4.69) is 19.2 Å². The maximum absolute atomic E-state index is 9.54. The van der Waals surface area contributed by atoms with Crippen molar-refractivity contribution in [3.8, 4) is 0 Å². The van der Waals surface area contributed by atoms with Crippen molar-refractivity contribution in [3.63, 3.8) is 0 Å². The second-order valence-electron chi connectivity index (χ2n) is 6.72. The molecule has 3 rings (SSSR count). The van der Waals surface area contributed by atoms with Crippen molar-refractivity contribution in [2.75, 3.05) is 6.61 Å². The molecule has 3 atom stereocenters. The predicted molar refractivity (Wildman–Crippen MR) is 66.8 cm³/mol. The van der Waals surface area contributed by atoms with Crippen LogP contribution in [-0.4, -0.2) is 36.0 Å². The molecule has 0 aromatic carbocycles. The van der Waals surface area contributed by atoms with Crippen LogP contribution in [0.4, 0.5) is 0 Å². The Hall–Kier alpha value is -0.120. The van der Waals surface area contributed by atoms with Crippen LogP contribution in [0.15, 0.2) is 0 Å². The van der Waals surface area contributed by atoms with Crippen LogP contribution in [-0.2, 0) is 4.74 Å². The summed E-state index contributed by atoms with van der Waals surface area (Å²) in [7, 11) is 0. The van der Waals surface area contributed by atoms with Gasteiger partial charge in [-0.25, -0.2) is 0 Å². The zero-order chi connectivity index (χ0) is 12.0. The first-order valence-corrected chi connectivity index (χ1v) is 7.15. The van der Waals surface area contributed by atoms with Gasteiger partial charge in [-0.2, -0.15) is 0 Å². The fourth-order valence-electron chi connectivity index (χ4n) is 4.16. The van der Waals surface area contributed by atoms with Crippen LogP contribution in [0.1, 0.15) is 46.0 Å². The van der Waals surface area contributed by atoms with Crippen LogP contribution in [0.25, 0.3) is 0 Å². The quantitative estimate of drug-likeness (QED) is 0.770. The lowest BCUT2D eigenvalue weighted by Crippen LogP contribution is -2.67. The molecule has 98 valence electrons. The minimum atomic E-state index is -0.0509. The highest BCUT2D eigenvalue weighted by atomic mass is 16.5. The van der Waals surface area contributed by atoms with Gasteiger partial charge in [0.1, 0.15) is 0 Å². The van der Waals surface area contributed by atoms with Crippen LogP contribution in [0.2, 0.25) is 0 Å². The molecule has 1 saturated heterocycles. The van der Waals surface area contributed by atoms with Gasteiger partial charge in [-0.05, 0) is 32.1 Å². The topological polar surface area (TPSA) is 41.5 Å². The number of hydrogen-bond donors (Lipinski definition) is 2. The summed E-state index contributed by atoms with van der Waals surface area (Å²) in [5.41, 5.74) is 0.289. The van der Waals surface area contributed by atoms with Gasteiger partial charge >= 0.3 is 0 Å². The van der Waals surface area contributed by atoms with E-state index < -0.39 is 0 Å². The average molecular weight is 239 g/mol. The molecule has 3 fully saturated rings. The number of ether oxygens (including phenoxy) is 1. The minimum Gasteiger partial charge on any atom is -0.393 e. The zero-order valence-corrected chi connectivity index (χ0v) is 11.0. The van der Waals surface area contributed by atoms with E-state index in [0.717, 1.165) is 38.2 Å². The monoisotopic (exact) mass is 239 g/mol. The summed E-state index contributed by atoms with van der Waals surface area (Å²) in [6.07, 6.45) is 5.85. The molecule has 3 unspecified atom stereocenters. The minimum absolute atomic E-state index is 0.0509. The highest BCUT2D eigenvalue weighted by Crippen LogP contribution is 2.52. The molecule has 0 aromatic rings. The molecule has 3 nitrogen and oxygen atoms in total. The maximum Gasteiger partial charge on any atom is 0.0685 e. The van der Waals surface area contributed by atoms with Crippen LogP contribution < -0.4 is 5.32 Å². The van der Waals surface area contributed by atoms with Crippen molar-refractivity contribution in [2.45, 2.75) is 70.2 Å². The Labute approximate surface area is 104 Å². The van der Waals surface area contributed by atoms with Gasteiger partial charge in [-0.1, -0.05) is 13.8 Å². The molecule has 1 aliphatic heterocycles. The molecule has 0 bridgehead atoms. The Balaban J connectivity index is 1.58. The summed E-state index contributed by atoms with van der Waals surface area (Å²) in [4.78, 5) is 0. The van der Waals surface area contributed by atoms with Gasteiger partial charge in [0, 0.05) is 30.0 Å². The Kier molecular flexibility index (Phi) is 2.96. The van der Waals surface area contributed by atoms with Gasteiger partial charge < -0.3 is 15.2 Å². The summed E-state index contributed by atoms with van der Waals surface area (Å²) in [6, 6.07) is 1.24. The SMILES string of the molecule is CC1(C)C(NC2CCC(O)CC2)C2CCOC21. The van der Waals surface area contributed by atoms with E-state index in [-0.39, 0.29) is 11.5 Å². The van der Waals surface area contributed by atoms with Crippen LogP contribution >= 0.6 is 0 Å². The molecule has 17 heavy (non-hydrogen) atoms. The van der Waals surface area contributed by atoms with Gasteiger partial charge in [0.15, 0.2) is 0 Å². The molecule has 2 saturated carbocycles. The van der Waals surface area contributed by atoms with Crippen molar-refractivity contribution in [3.05, 3.63) is 0 Å². The Morgan fingerprint density at radius 1 is 1.12 bits per heavy atom. The molecular formula is C14H25NO2. The molecule has 2 aliphatic carbocycles. The summed E-state index contributed by atoms with van der Waals surface area (Å²) in [5, 5.41) is 13.4. The Bertz CT molecular complexity index is 284. The zero-order valence-electron chi connectivity index (χ0n) is 11.0. The van der Waals surface area contributed by atoms with E-state index in [1.54, 1.807) is 0 Å². The second-order valence-corrected chi connectivity index (χ2v) is 6.72. The van der Waals surface area contributed by atoms with Gasteiger partial charge in [0.2, 0.25) is 0 Å².